The molecule has 0 saturated carbocycles. The molecule has 0 aromatic heterocycles. The molecular weight excluding hydrogens is 265 g/mol. The lowest BCUT2D eigenvalue weighted by molar-refractivity contribution is -0.195. The van der Waals surface area contributed by atoms with E-state index in [2.05, 4.69) is 9.47 Å². The Bertz CT molecular complexity index is 442. The van der Waals surface area contributed by atoms with Crippen LogP contribution in [0.25, 0.3) is 0 Å². The van der Waals surface area contributed by atoms with Crippen molar-refractivity contribution in [3.63, 3.8) is 0 Å². The number of alkyl halides is 3. The molecule has 0 N–H and O–H groups in total. The van der Waals surface area contributed by atoms with E-state index in [1.807, 2.05) is 0 Å². The van der Waals surface area contributed by atoms with Crippen molar-refractivity contribution in [1.82, 2.24) is 0 Å². The molecule has 1 aromatic carbocycles. The first kappa shape index (κ1) is 15.0. The highest BCUT2D eigenvalue weighted by molar-refractivity contribution is 5.80. The molecular formula is C12H11F3O4. The maximum atomic E-state index is 12.0. The molecule has 0 saturated heterocycles. The van der Waals surface area contributed by atoms with Gasteiger partial charge in [-0.1, -0.05) is 30.3 Å². The van der Waals surface area contributed by atoms with Crippen LogP contribution in [0.5, 0.6) is 0 Å². The second-order valence-electron chi connectivity index (χ2n) is 3.62. The van der Waals surface area contributed by atoms with Gasteiger partial charge in [0.1, 0.15) is 0 Å². The average molecular weight is 276 g/mol. The molecule has 19 heavy (non-hydrogen) atoms. The van der Waals surface area contributed by atoms with Crippen molar-refractivity contribution in [2.75, 3.05) is 6.61 Å². The Kier molecular flexibility index (Phi) is 4.91. The van der Waals surface area contributed by atoms with Crippen LogP contribution in [-0.2, 0) is 19.1 Å². The average Bonchev–Trinajstić information content (AvgIpc) is 2.33. The van der Waals surface area contributed by atoms with Gasteiger partial charge in [-0.15, -0.1) is 0 Å². The molecule has 0 aliphatic rings. The summed E-state index contributed by atoms with van der Waals surface area (Å²) in [6, 6.07) is 7.66. The van der Waals surface area contributed by atoms with Gasteiger partial charge in [0, 0.05) is 12.5 Å². The Balaban J connectivity index is 2.80. The molecule has 0 aliphatic heterocycles. The summed E-state index contributed by atoms with van der Waals surface area (Å²) in [4.78, 5) is 22.4. The fourth-order valence-electron chi connectivity index (χ4n) is 1.27. The van der Waals surface area contributed by atoms with E-state index in [-0.39, 0.29) is 5.56 Å². The molecule has 104 valence electrons. The van der Waals surface area contributed by atoms with Gasteiger partial charge in [0.2, 0.25) is 6.10 Å². The number of ether oxygens (including phenoxy) is 2. The van der Waals surface area contributed by atoms with Crippen LogP contribution in [0.3, 0.4) is 0 Å². The van der Waals surface area contributed by atoms with E-state index in [1.165, 1.54) is 12.1 Å². The third-order valence-electron chi connectivity index (χ3n) is 1.98. The first-order chi connectivity index (χ1) is 8.79. The van der Waals surface area contributed by atoms with Gasteiger partial charge in [0.15, 0.2) is 6.61 Å². The molecule has 4 nitrogen and oxygen atoms in total. The summed E-state index contributed by atoms with van der Waals surface area (Å²) in [5, 5.41) is 0. The zero-order valence-electron chi connectivity index (χ0n) is 9.94. The van der Waals surface area contributed by atoms with Gasteiger partial charge in [0.05, 0.1) is 0 Å². The zero-order valence-corrected chi connectivity index (χ0v) is 9.94. The first-order valence-electron chi connectivity index (χ1n) is 5.25. The van der Waals surface area contributed by atoms with Crippen molar-refractivity contribution in [2.45, 2.75) is 19.2 Å². The van der Waals surface area contributed by atoms with Gasteiger partial charge in [-0.25, -0.2) is 4.79 Å². The Morgan fingerprint density at radius 2 is 1.79 bits per heavy atom. The van der Waals surface area contributed by atoms with E-state index in [0.717, 1.165) is 6.92 Å². The fraction of sp³-hybridized carbons (Fsp3) is 0.333. The number of esters is 2. The summed E-state index contributed by atoms with van der Waals surface area (Å²) in [6.45, 7) is -0.677. The van der Waals surface area contributed by atoms with Crippen molar-refractivity contribution in [3.8, 4) is 0 Å². The van der Waals surface area contributed by atoms with E-state index < -0.39 is 30.8 Å². The van der Waals surface area contributed by atoms with Crippen molar-refractivity contribution in [1.29, 1.82) is 0 Å². The van der Waals surface area contributed by atoms with Crippen molar-refractivity contribution >= 4 is 11.9 Å². The molecule has 0 fully saturated rings. The van der Waals surface area contributed by atoms with Gasteiger partial charge in [-0.3, -0.25) is 4.79 Å². The number of hydrogen-bond acceptors (Lipinski definition) is 4. The van der Waals surface area contributed by atoms with Crippen LogP contribution in [0.1, 0.15) is 18.6 Å². The minimum Gasteiger partial charge on any atom is -0.453 e. The fourth-order valence-corrected chi connectivity index (χ4v) is 1.27. The van der Waals surface area contributed by atoms with Crippen LogP contribution < -0.4 is 0 Å². The van der Waals surface area contributed by atoms with Crippen LogP contribution in [0.2, 0.25) is 0 Å². The Morgan fingerprint density at radius 1 is 1.21 bits per heavy atom. The molecule has 0 aliphatic carbocycles. The lowest BCUT2D eigenvalue weighted by atomic mass is 10.1. The molecule has 7 heteroatoms. The molecule has 0 amide bonds. The highest BCUT2D eigenvalue weighted by atomic mass is 19.4. The lowest BCUT2D eigenvalue weighted by Crippen LogP contribution is -2.26. The lowest BCUT2D eigenvalue weighted by Gasteiger charge is -2.16. The van der Waals surface area contributed by atoms with E-state index in [0.29, 0.717) is 0 Å². The number of carbonyl (C=O) groups is 2. The molecule has 1 atom stereocenters. The molecule has 0 radical (unpaired) electrons. The van der Waals surface area contributed by atoms with Gasteiger partial charge in [-0.05, 0) is 0 Å². The summed E-state index contributed by atoms with van der Waals surface area (Å²) in [5.74, 6) is -2.06. The predicted molar refractivity (Wildman–Crippen MR) is 58.0 cm³/mol. The second kappa shape index (κ2) is 6.21. The summed E-state index contributed by atoms with van der Waals surface area (Å²) in [6.07, 6.45) is -6.13. The smallest absolute Gasteiger partial charge is 0.422 e. The largest absolute Gasteiger partial charge is 0.453 e. The maximum absolute atomic E-state index is 12.0. The SMILES string of the molecule is CC(=O)OC(C(=O)OCC(F)(F)F)c1ccccc1. The van der Waals surface area contributed by atoms with E-state index in [1.54, 1.807) is 18.2 Å². The monoisotopic (exact) mass is 276 g/mol. The zero-order chi connectivity index (χ0) is 14.5. The van der Waals surface area contributed by atoms with Crippen LogP contribution in [0.4, 0.5) is 13.2 Å². The molecule has 0 bridgehead atoms. The third kappa shape index (κ3) is 5.41. The minimum atomic E-state index is -4.63. The maximum Gasteiger partial charge on any atom is 0.422 e. The number of hydrogen-bond donors (Lipinski definition) is 0. The summed E-state index contributed by atoms with van der Waals surface area (Å²) < 4.78 is 44.6. The van der Waals surface area contributed by atoms with Gasteiger partial charge in [-0.2, -0.15) is 13.2 Å². The Hall–Kier alpha value is -2.05. The topological polar surface area (TPSA) is 52.6 Å². The Morgan fingerprint density at radius 3 is 2.26 bits per heavy atom. The number of halogens is 3. The van der Waals surface area contributed by atoms with Gasteiger partial charge in [0.25, 0.3) is 0 Å². The Labute approximate surface area is 107 Å². The summed E-state index contributed by atoms with van der Waals surface area (Å²) >= 11 is 0. The van der Waals surface area contributed by atoms with Gasteiger partial charge < -0.3 is 9.47 Å². The highest BCUT2D eigenvalue weighted by Gasteiger charge is 2.33. The van der Waals surface area contributed by atoms with Crippen LogP contribution in [-0.4, -0.2) is 24.7 Å². The number of rotatable bonds is 4. The molecule has 1 unspecified atom stereocenters. The quantitative estimate of drug-likeness (QED) is 0.792. The number of carbonyl (C=O) groups excluding carboxylic acids is 2. The normalized spacial score (nSPS) is 12.6. The van der Waals surface area contributed by atoms with E-state index in [9.17, 15) is 22.8 Å². The van der Waals surface area contributed by atoms with Crippen molar-refractivity contribution in [3.05, 3.63) is 35.9 Å². The molecule has 1 rings (SSSR count). The minimum absolute atomic E-state index is 0.241. The first-order valence-corrected chi connectivity index (χ1v) is 5.25. The predicted octanol–water partition coefficient (Wildman–Crippen LogP) is 2.40. The highest BCUT2D eigenvalue weighted by Crippen LogP contribution is 2.21. The molecule has 0 heterocycles. The third-order valence-corrected chi connectivity index (χ3v) is 1.98. The van der Waals surface area contributed by atoms with Crippen LogP contribution in [0, 0.1) is 0 Å². The van der Waals surface area contributed by atoms with Crippen LogP contribution in [0.15, 0.2) is 30.3 Å². The van der Waals surface area contributed by atoms with E-state index in [4.69, 9.17) is 0 Å². The number of benzene rings is 1. The van der Waals surface area contributed by atoms with Crippen molar-refractivity contribution < 1.29 is 32.2 Å². The molecule has 0 spiro atoms. The molecule has 1 aromatic rings. The standard InChI is InChI=1S/C12H11F3O4/c1-8(16)19-10(9-5-3-2-4-6-9)11(17)18-7-12(13,14)15/h2-6,10H,7H2,1H3. The van der Waals surface area contributed by atoms with Crippen LogP contribution >= 0.6 is 0 Å². The van der Waals surface area contributed by atoms with Gasteiger partial charge >= 0.3 is 18.1 Å². The summed E-state index contributed by atoms with van der Waals surface area (Å²) in [5.41, 5.74) is 0.241. The van der Waals surface area contributed by atoms with E-state index >= 15 is 0 Å². The van der Waals surface area contributed by atoms with Crippen molar-refractivity contribution in [2.24, 2.45) is 0 Å². The summed E-state index contributed by atoms with van der Waals surface area (Å²) in [7, 11) is 0. The second-order valence-corrected chi connectivity index (χ2v) is 3.62.